The van der Waals surface area contributed by atoms with E-state index in [0.717, 1.165) is 12.2 Å². The zero-order valence-electron chi connectivity index (χ0n) is 14.5. The molecule has 0 radical (unpaired) electrons. The Balaban J connectivity index is 1.58. The number of anilines is 1. The van der Waals surface area contributed by atoms with Gasteiger partial charge >= 0.3 is 0 Å². The molecule has 2 aromatic heterocycles. The second-order valence-electron chi connectivity index (χ2n) is 5.99. The van der Waals surface area contributed by atoms with Crippen LogP contribution in [0.2, 0.25) is 0 Å². The first-order chi connectivity index (χ1) is 12.1. The predicted octanol–water partition coefficient (Wildman–Crippen LogP) is 1.24. The highest BCUT2D eigenvalue weighted by Gasteiger charge is 2.28. The van der Waals surface area contributed by atoms with Gasteiger partial charge < -0.3 is 19.3 Å². The van der Waals surface area contributed by atoms with Crippen LogP contribution in [0.4, 0.5) is 5.82 Å². The molecule has 1 aliphatic rings. The minimum atomic E-state index is -0.0883. The molecule has 1 saturated heterocycles. The average molecular weight is 343 g/mol. The molecule has 8 nitrogen and oxygen atoms in total. The van der Waals surface area contributed by atoms with Crippen LogP contribution in [0.15, 0.2) is 30.5 Å². The molecule has 1 amide bonds. The molecule has 2 aromatic rings. The lowest BCUT2D eigenvalue weighted by Gasteiger charge is -2.17. The van der Waals surface area contributed by atoms with E-state index in [1.165, 1.54) is 6.20 Å². The van der Waals surface area contributed by atoms with Gasteiger partial charge in [-0.2, -0.15) is 0 Å². The molecule has 3 heterocycles. The maximum Gasteiger partial charge on any atom is 0.255 e. The first-order valence-electron chi connectivity index (χ1n) is 8.04. The SMILES string of the molecule is COc1ccc(C(=O)N2CC[C@@H](Oc3ccc(N(C)C)nn3)C2)cn1. The van der Waals surface area contributed by atoms with Crippen LogP contribution in [0, 0.1) is 0 Å². The number of rotatable bonds is 5. The molecular weight excluding hydrogens is 322 g/mol. The van der Waals surface area contributed by atoms with E-state index in [2.05, 4.69) is 15.2 Å². The minimum Gasteiger partial charge on any atom is -0.481 e. The van der Waals surface area contributed by atoms with Gasteiger partial charge in [-0.25, -0.2) is 4.98 Å². The van der Waals surface area contributed by atoms with Gasteiger partial charge in [-0.3, -0.25) is 4.79 Å². The molecule has 1 atom stereocenters. The molecule has 0 saturated carbocycles. The van der Waals surface area contributed by atoms with Gasteiger partial charge in [0.05, 0.1) is 19.2 Å². The number of carbonyl (C=O) groups is 1. The Morgan fingerprint density at radius 3 is 2.60 bits per heavy atom. The normalized spacial score (nSPS) is 16.6. The van der Waals surface area contributed by atoms with Crippen LogP contribution in [0.1, 0.15) is 16.8 Å². The Labute approximate surface area is 146 Å². The Kier molecular flexibility index (Phi) is 4.97. The molecule has 0 spiro atoms. The average Bonchev–Trinajstić information content (AvgIpc) is 3.10. The summed E-state index contributed by atoms with van der Waals surface area (Å²) in [5.74, 6) is 1.66. The number of hydrogen-bond donors (Lipinski definition) is 0. The standard InChI is InChI=1S/C17H21N5O3/c1-21(2)14-5-7-16(20-19-14)25-13-8-9-22(11-13)17(23)12-4-6-15(24-3)18-10-12/h4-7,10,13H,8-9,11H2,1-3H3/t13-/m1/s1. The zero-order chi connectivity index (χ0) is 17.8. The van der Waals surface area contributed by atoms with Gasteiger partial charge in [0, 0.05) is 45.4 Å². The van der Waals surface area contributed by atoms with Crippen LogP contribution in [0.5, 0.6) is 11.8 Å². The van der Waals surface area contributed by atoms with Gasteiger partial charge in [-0.15, -0.1) is 10.2 Å². The van der Waals surface area contributed by atoms with Crippen LogP contribution >= 0.6 is 0 Å². The Morgan fingerprint density at radius 1 is 1.20 bits per heavy atom. The number of methoxy groups -OCH3 is 1. The van der Waals surface area contributed by atoms with Crippen molar-refractivity contribution >= 4 is 11.7 Å². The summed E-state index contributed by atoms with van der Waals surface area (Å²) in [6.07, 6.45) is 2.20. The third-order valence-corrected chi connectivity index (χ3v) is 4.00. The van der Waals surface area contributed by atoms with E-state index < -0.39 is 0 Å². The second-order valence-corrected chi connectivity index (χ2v) is 5.99. The molecular formula is C17H21N5O3. The third kappa shape index (κ3) is 3.96. The molecule has 25 heavy (non-hydrogen) atoms. The van der Waals surface area contributed by atoms with E-state index in [9.17, 15) is 4.79 Å². The van der Waals surface area contributed by atoms with Crippen molar-refractivity contribution in [1.29, 1.82) is 0 Å². The lowest BCUT2D eigenvalue weighted by atomic mass is 10.2. The van der Waals surface area contributed by atoms with Crippen LogP contribution in [-0.2, 0) is 0 Å². The number of carbonyl (C=O) groups excluding carboxylic acids is 1. The van der Waals surface area contributed by atoms with Crippen LogP contribution in [-0.4, -0.2) is 66.4 Å². The van der Waals surface area contributed by atoms with Crippen molar-refractivity contribution in [1.82, 2.24) is 20.1 Å². The number of ether oxygens (including phenoxy) is 2. The smallest absolute Gasteiger partial charge is 0.255 e. The van der Waals surface area contributed by atoms with Crippen molar-refractivity contribution in [3.8, 4) is 11.8 Å². The second kappa shape index (κ2) is 7.33. The van der Waals surface area contributed by atoms with E-state index in [4.69, 9.17) is 9.47 Å². The molecule has 3 rings (SSSR count). The monoisotopic (exact) mass is 343 g/mol. The molecule has 0 aromatic carbocycles. The number of likely N-dealkylation sites (tertiary alicyclic amines) is 1. The van der Waals surface area contributed by atoms with Gasteiger partial charge in [0.25, 0.3) is 5.91 Å². The van der Waals surface area contributed by atoms with E-state index in [1.807, 2.05) is 25.1 Å². The summed E-state index contributed by atoms with van der Waals surface area (Å²) in [4.78, 5) is 20.2. The van der Waals surface area contributed by atoms with Gasteiger partial charge in [-0.1, -0.05) is 0 Å². The van der Waals surface area contributed by atoms with E-state index >= 15 is 0 Å². The highest BCUT2D eigenvalue weighted by atomic mass is 16.5. The third-order valence-electron chi connectivity index (χ3n) is 4.00. The van der Waals surface area contributed by atoms with Crippen LogP contribution in [0.25, 0.3) is 0 Å². The van der Waals surface area contributed by atoms with Crippen LogP contribution < -0.4 is 14.4 Å². The summed E-state index contributed by atoms with van der Waals surface area (Å²) in [6.45, 7) is 1.15. The molecule has 8 heteroatoms. The van der Waals surface area contributed by atoms with Gasteiger partial charge in [0.15, 0.2) is 5.82 Å². The number of pyridine rings is 1. The van der Waals surface area contributed by atoms with Crippen molar-refractivity contribution in [2.45, 2.75) is 12.5 Å². The topological polar surface area (TPSA) is 80.7 Å². The Morgan fingerprint density at radius 2 is 2.00 bits per heavy atom. The molecule has 0 bridgehead atoms. The van der Waals surface area contributed by atoms with Crippen molar-refractivity contribution in [3.63, 3.8) is 0 Å². The largest absolute Gasteiger partial charge is 0.481 e. The quantitative estimate of drug-likeness (QED) is 0.808. The fourth-order valence-corrected chi connectivity index (χ4v) is 2.60. The first-order valence-corrected chi connectivity index (χ1v) is 8.04. The molecule has 1 aliphatic heterocycles. The lowest BCUT2D eigenvalue weighted by Crippen LogP contribution is -2.31. The number of nitrogens with zero attached hydrogens (tertiary/aromatic N) is 5. The van der Waals surface area contributed by atoms with Crippen molar-refractivity contribution in [2.75, 3.05) is 39.2 Å². The minimum absolute atomic E-state index is 0.0599. The van der Waals surface area contributed by atoms with E-state index in [-0.39, 0.29) is 12.0 Å². The summed E-state index contributed by atoms with van der Waals surface area (Å²) in [6, 6.07) is 7.04. The first kappa shape index (κ1) is 16.9. The Bertz CT molecular complexity index is 718. The fraction of sp³-hybridized carbons (Fsp3) is 0.412. The fourth-order valence-electron chi connectivity index (χ4n) is 2.60. The Hall–Kier alpha value is -2.90. The molecule has 0 aliphatic carbocycles. The van der Waals surface area contributed by atoms with Crippen molar-refractivity contribution in [2.24, 2.45) is 0 Å². The van der Waals surface area contributed by atoms with E-state index in [1.54, 1.807) is 30.2 Å². The van der Waals surface area contributed by atoms with Crippen molar-refractivity contribution < 1.29 is 14.3 Å². The number of amides is 1. The highest BCUT2D eigenvalue weighted by molar-refractivity contribution is 5.94. The summed E-state index contributed by atoms with van der Waals surface area (Å²) in [5, 5.41) is 8.16. The predicted molar refractivity (Wildman–Crippen MR) is 92.1 cm³/mol. The van der Waals surface area contributed by atoms with Gasteiger partial charge in [0.1, 0.15) is 6.10 Å². The molecule has 1 fully saturated rings. The number of aromatic nitrogens is 3. The molecule has 0 unspecified atom stereocenters. The van der Waals surface area contributed by atoms with E-state index in [0.29, 0.717) is 30.4 Å². The summed E-state index contributed by atoms with van der Waals surface area (Å²) in [7, 11) is 5.35. The lowest BCUT2D eigenvalue weighted by molar-refractivity contribution is 0.0770. The maximum absolute atomic E-state index is 12.5. The molecule has 132 valence electrons. The maximum atomic E-state index is 12.5. The summed E-state index contributed by atoms with van der Waals surface area (Å²) >= 11 is 0. The summed E-state index contributed by atoms with van der Waals surface area (Å²) in [5.41, 5.74) is 0.538. The molecule has 0 N–H and O–H groups in total. The number of hydrogen-bond acceptors (Lipinski definition) is 7. The summed E-state index contributed by atoms with van der Waals surface area (Å²) < 4.78 is 10.9. The zero-order valence-corrected chi connectivity index (χ0v) is 14.5. The van der Waals surface area contributed by atoms with Crippen LogP contribution in [0.3, 0.4) is 0 Å². The van der Waals surface area contributed by atoms with Gasteiger partial charge in [-0.05, 0) is 12.1 Å². The van der Waals surface area contributed by atoms with Crippen molar-refractivity contribution in [3.05, 3.63) is 36.0 Å². The van der Waals surface area contributed by atoms with Gasteiger partial charge in [0.2, 0.25) is 11.8 Å². The highest BCUT2D eigenvalue weighted by Crippen LogP contribution is 2.19.